The van der Waals surface area contributed by atoms with E-state index < -0.39 is 5.60 Å². The summed E-state index contributed by atoms with van der Waals surface area (Å²) in [4.78, 5) is 11.7. The first-order chi connectivity index (χ1) is 10.9. The average molecular weight is 337 g/mol. The van der Waals surface area contributed by atoms with Crippen molar-refractivity contribution in [3.8, 4) is 0 Å². The molecule has 0 bridgehead atoms. The minimum atomic E-state index is -0.706. The Bertz CT molecular complexity index is 554. The maximum absolute atomic E-state index is 11.7. The van der Waals surface area contributed by atoms with E-state index in [0.717, 1.165) is 44.4 Å². The minimum Gasteiger partial charge on any atom is -0.388 e. The van der Waals surface area contributed by atoms with E-state index in [2.05, 4.69) is 6.92 Å². The number of hydrogen-bond donors (Lipinski definition) is 1. The highest BCUT2D eigenvalue weighted by Crippen LogP contribution is 2.65. The van der Waals surface area contributed by atoms with Crippen molar-refractivity contribution in [3.63, 3.8) is 0 Å². The molecule has 0 spiro atoms. The van der Waals surface area contributed by atoms with E-state index in [1.54, 1.807) is 0 Å². The van der Waals surface area contributed by atoms with Gasteiger partial charge in [0.15, 0.2) is 5.78 Å². The van der Waals surface area contributed by atoms with Crippen LogP contribution in [0.4, 0.5) is 0 Å². The van der Waals surface area contributed by atoms with Crippen LogP contribution in [0.1, 0.15) is 65.2 Å². The molecule has 3 heteroatoms. The lowest BCUT2D eigenvalue weighted by Crippen LogP contribution is -2.55. The highest BCUT2D eigenvalue weighted by atomic mass is 35.5. The van der Waals surface area contributed by atoms with Gasteiger partial charge < -0.3 is 5.11 Å². The molecule has 0 radical (unpaired) electrons. The first kappa shape index (κ1) is 16.1. The summed E-state index contributed by atoms with van der Waals surface area (Å²) in [5, 5.41) is 11.1. The molecule has 1 N–H and O–H groups in total. The van der Waals surface area contributed by atoms with Gasteiger partial charge in [-0.1, -0.05) is 12.5 Å². The predicted octanol–water partition coefficient (Wildman–Crippen LogP) is 4.49. The first-order valence-corrected chi connectivity index (χ1v) is 9.90. The molecule has 0 aromatic carbocycles. The largest absolute Gasteiger partial charge is 0.388 e. The van der Waals surface area contributed by atoms with Crippen LogP contribution in [0.25, 0.3) is 0 Å². The smallest absolute Gasteiger partial charge is 0.155 e. The lowest BCUT2D eigenvalue weighted by molar-refractivity contribution is -0.120. The van der Waals surface area contributed by atoms with Gasteiger partial charge in [0.25, 0.3) is 0 Å². The van der Waals surface area contributed by atoms with Crippen LogP contribution in [0.2, 0.25) is 0 Å². The molecule has 7 atom stereocenters. The summed E-state index contributed by atoms with van der Waals surface area (Å²) in [6.07, 6.45) is 10.3. The maximum atomic E-state index is 11.7. The highest BCUT2D eigenvalue weighted by Gasteiger charge is 2.63. The number of hydrogen-bond acceptors (Lipinski definition) is 2. The van der Waals surface area contributed by atoms with Gasteiger partial charge in [-0.15, -0.1) is 11.6 Å². The zero-order valence-corrected chi connectivity index (χ0v) is 15.1. The number of allylic oxidation sites excluding steroid dienone is 1. The zero-order valence-electron chi connectivity index (χ0n) is 14.4. The van der Waals surface area contributed by atoms with Crippen molar-refractivity contribution >= 4 is 17.4 Å². The molecule has 3 fully saturated rings. The lowest BCUT2D eigenvalue weighted by Gasteiger charge is -2.56. The lowest BCUT2D eigenvalue weighted by atomic mass is 9.50. The van der Waals surface area contributed by atoms with Gasteiger partial charge in [0.05, 0.1) is 11.0 Å². The van der Waals surface area contributed by atoms with Gasteiger partial charge in [-0.2, -0.15) is 0 Å². The summed E-state index contributed by atoms with van der Waals surface area (Å²) in [5.41, 5.74) is 0.703. The van der Waals surface area contributed by atoms with E-state index >= 15 is 0 Å². The van der Waals surface area contributed by atoms with Crippen LogP contribution in [-0.4, -0.2) is 21.9 Å². The van der Waals surface area contributed by atoms with Crippen molar-refractivity contribution in [2.45, 2.75) is 76.2 Å². The van der Waals surface area contributed by atoms with E-state index in [-0.39, 0.29) is 10.8 Å². The van der Waals surface area contributed by atoms with E-state index in [1.165, 1.54) is 18.4 Å². The van der Waals surface area contributed by atoms with Crippen LogP contribution in [0, 0.1) is 29.1 Å². The van der Waals surface area contributed by atoms with Crippen molar-refractivity contribution in [2.24, 2.45) is 29.1 Å². The standard InChI is InChI=1S/C20H29ClO2/c1-12(21)20(23)10-8-18-17-5-3-13-11-14(22)4-6-15(13)16(17)7-9-19(18,20)2/h11-12,15-18,23H,3-10H2,1-2H3/t12-,15+,16-,17-,18+,19+,20+/m1/s1. The number of carbonyl (C=O) groups is 1. The molecule has 23 heavy (non-hydrogen) atoms. The molecule has 0 aromatic heterocycles. The third-order valence-electron chi connectivity index (χ3n) is 8.17. The van der Waals surface area contributed by atoms with E-state index in [0.29, 0.717) is 23.5 Å². The number of fused-ring (bicyclic) bond motifs is 5. The molecular formula is C20H29ClO2. The highest BCUT2D eigenvalue weighted by molar-refractivity contribution is 6.21. The second kappa shape index (κ2) is 5.33. The number of aliphatic hydroxyl groups is 1. The second-order valence-electron chi connectivity index (χ2n) is 8.84. The number of carbonyl (C=O) groups excluding carboxylic acids is 1. The van der Waals surface area contributed by atoms with Crippen LogP contribution in [0.15, 0.2) is 11.6 Å². The molecule has 0 amide bonds. The fourth-order valence-electron chi connectivity index (χ4n) is 6.89. The van der Waals surface area contributed by atoms with Gasteiger partial charge in [-0.25, -0.2) is 0 Å². The SMILES string of the molecule is C[C@@H](Cl)[C@@]1(O)CC[C@H]2[C@@H]3CCC4=CC(=O)CC[C@@H]4[C@H]3CC[C@@]21C. The molecule has 0 saturated heterocycles. The van der Waals surface area contributed by atoms with Gasteiger partial charge in [0, 0.05) is 11.8 Å². The number of halogens is 1. The molecular weight excluding hydrogens is 308 g/mol. The Balaban J connectivity index is 1.64. The van der Waals surface area contributed by atoms with Crippen LogP contribution in [0.5, 0.6) is 0 Å². The topological polar surface area (TPSA) is 37.3 Å². The molecule has 0 unspecified atom stereocenters. The van der Waals surface area contributed by atoms with Crippen molar-refractivity contribution in [3.05, 3.63) is 11.6 Å². The van der Waals surface area contributed by atoms with Crippen molar-refractivity contribution < 1.29 is 9.90 Å². The van der Waals surface area contributed by atoms with Gasteiger partial charge in [0.2, 0.25) is 0 Å². The molecule has 0 aromatic rings. The summed E-state index contributed by atoms with van der Waals surface area (Å²) in [7, 11) is 0. The molecule has 2 nitrogen and oxygen atoms in total. The summed E-state index contributed by atoms with van der Waals surface area (Å²) in [5.74, 6) is 3.02. The van der Waals surface area contributed by atoms with Gasteiger partial charge in [-0.05, 0) is 81.6 Å². The Labute approximate surface area is 144 Å². The minimum absolute atomic E-state index is 0.0267. The van der Waals surface area contributed by atoms with E-state index in [4.69, 9.17) is 11.6 Å². The molecule has 3 saturated carbocycles. The van der Waals surface area contributed by atoms with Crippen LogP contribution < -0.4 is 0 Å². The second-order valence-corrected chi connectivity index (χ2v) is 9.49. The monoisotopic (exact) mass is 336 g/mol. The third-order valence-corrected chi connectivity index (χ3v) is 8.53. The third kappa shape index (κ3) is 2.13. The first-order valence-electron chi connectivity index (χ1n) is 9.46. The molecule has 4 aliphatic carbocycles. The van der Waals surface area contributed by atoms with Crippen LogP contribution in [-0.2, 0) is 4.79 Å². The Hall–Kier alpha value is -0.340. The average Bonchev–Trinajstić information content (AvgIpc) is 2.80. The summed E-state index contributed by atoms with van der Waals surface area (Å²) in [6.45, 7) is 4.27. The molecule has 128 valence electrons. The fraction of sp³-hybridized carbons (Fsp3) is 0.850. The van der Waals surface area contributed by atoms with Gasteiger partial charge in [-0.3, -0.25) is 4.79 Å². The molecule has 4 rings (SSSR count). The normalized spacial score (nSPS) is 50.6. The summed E-state index contributed by atoms with van der Waals surface area (Å²) < 4.78 is 0. The molecule has 0 aliphatic heterocycles. The van der Waals surface area contributed by atoms with Crippen LogP contribution in [0.3, 0.4) is 0 Å². The Morgan fingerprint density at radius 3 is 2.70 bits per heavy atom. The Morgan fingerprint density at radius 2 is 1.96 bits per heavy atom. The molecule has 4 aliphatic rings. The van der Waals surface area contributed by atoms with E-state index in [9.17, 15) is 9.90 Å². The predicted molar refractivity (Wildman–Crippen MR) is 92.4 cm³/mol. The quantitative estimate of drug-likeness (QED) is 0.716. The number of alkyl halides is 1. The maximum Gasteiger partial charge on any atom is 0.155 e. The number of ketones is 1. The summed E-state index contributed by atoms with van der Waals surface area (Å²) in [6, 6.07) is 0. The van der Waals surface area contributed by atoms with Gasteiger partial charge >= 0.3 is 0 Å². The zero-order chi connectivity index (χ0) is 16.4. The van der Waals surface area contributed by atoms with Crippen molar-refractivity contribution in [1.82, 2.24) is 0 Å². The Morgan fingerprint density at radius 1 is 1.17 bits per heavy atom. The van der Waals surface area contributed by atoms with Crippen LogP contribution >= 0.6 is 11.6 Å². The summed E-state index contributed by atoms with van der Waals surface area (Å²) >= 11 is 6.44. The Kier molecular flexibility index (Phi) is 3.74. The van der Waals surface area contributed by atoms with Gasteiger partial charge in [0.1, 0.15) is 0 Å². The van der Waals surface area contributed by atoms with Crippen molar-refractivity contribution in [2.75, 3.05) is 0 Å². The van der Waals surface area contributed by atoms with E-state index in [1.807, 2.05) is 13.0 Å². The fourth-order valence-corrected chi connectivity index (χ4v) is 7.24. The number of rotatable bonds is 1. The van der Waals surface area contributed by atoms with Crippen molar-refractivity contribution in [1.29, 1.82) is 0 Å². The molecule has 0 heterocycles.